The first kappa shape index (κ1) is 17.6. The summed E-state index contributed by atoms with van der Waals surface area (Å²) >= 11 is 1.45. The first-order valence-electron chi connectivity index (χ1n) is 9.80. The van der Waals surface area contributed by atoms with Crippen LogP contribution in [0.1, 0.15) is 71.9 Å². The maximum absolute atomic E-state index is 12.6. The van der Waals surface area contributed by atoms with E-state index in [-0.39, 0.29) is 5.91 Å². The number of carbonyl (C=O) groups is 1. The summed E-state index contributed by atoms with van der Waals surface area (Å²) in [5.41, 5.74) is 3.78. The number of rotatable bonds is 4. The van der Waals surface area contributed by atoms with E-state index in [1.165, 1.54) is 49.1 Å². The van der Waals surface area contributed by atoms with Gasteiger partial charge in [-0.3, -0.25) is 9.48 Å². The van der Waals surface area contributed by atoms with E-state index in [1.54, 1.807) is 5.51 Å². The lowest BCUT2D eigenvalue weighted by molar-refractivity contribution is 0.0685. The number of nitrogens with zero attached hydrogens (tertiary/aromatic N) is 5. The molecule has 3 heterocycles. The molecule has 0 atom stereocenters. The average molecular weight is 374 g/mol. The third-order valence-corrected chi connectivity index (χ3v) is 6.78. The Balaban J connectivity index is 1.29. The molecule has 2 aromatic heterocycles. The van der Waals surface area contributed by atoms with Crippen LogP contribution in [0.4, 0.5) is 0 Å². The van der Waals surface area contributed by atoms with Crippen molar-refractivity contribution in [1.82, 2.24) is 24.9 Å². The minimum Gasteiger partial charge on any atom is -0.338 e. The first-order chi connectivity index (χ1) is 12.7. The van der Waals surface area contributed by atoms with Crippen LogP contribution in [-0.4, -0.2) is 43.9 Å². The van der Waals surface area contributed by atoms with Gasteiger partial charge in [-0.2, -0.15) is 0 Å². The molecule has 140 valence electrons. The van der Waals surface area contributed by atoms with Gasteiger partial charge in [0.2, 0.25) is 0 Å². The van der Waals surface area contributed by atoms with Gasteiger partial charge in [-0.15, -0.1) is 16.4 Å². The Kier molecular flexibility index (Phi) is 5.33. The molecule has 6 nitrogen and oxygen atoms in total. The summed E-state index contributed by atoms with van der Waals surface area (Å²) in [7, 11) is 0. The van der Waals surface area contributed by atoms with Gasteiger partial charge in [0.05, 0.1) is 16.9 Å². The van der Waals surface area contributed by atoms with E-state index in [9.17, 15) is 4.79 Å². The number of aromatic nitrogens is 4. The Morgan fingerprint density at radius 3 is 2.65 bits per heavy atom. The molecule has 0 spiro atoms. The SMILES string of the molecule is Cc1ncsc1C(=O)N1CCC(Cn2cc(C3CCCCC3)nn2)CC1. The maximum atomic E-state index is 12.6. The van der Waals surface area contributed by atoms with Crippen molar-refractivity contribution in [3.63, 3.8) is 0 Å². The molecular weight excluding hydrogens is 346 g/mol. The van der Waals surface area contributed by atoms with E-state index < -0.39 is 0 Å². The molecular formula is C19H27N5OS. The molecule has 1 aliphatic heterocycles. The van der Waals surface area contributed by atoms with Gasteiger partial charge >= 0.3 is 0 Å². The van der Waals surface area contributed by atoms with Gasteiger partial charge in [0.1, 0.15) is 4.88 Å². The van der Waals surface area contributed by atoms with E-state index in [4.69, 9.17) is 0 Å². The van der Waals surface area contributed by atoms with Crippen LogP contribution in [0.5, 0.6) is 0 Å². The minimum atomic E-state index is 0.142. The number of aryl methyl sites for hydroxylation is 1. The lowest BCUT2D eigenvalue weighted by Crippen LogP contribution is -2.39. The van der Waals surface area contributed by atoms with E-state index in [2.05, 4.69) is 21.5 Å². The molecule has 4 rings (SSSR count). The lowest BCUT2D eigenvalue weighted by Gasteiger charge is -2.31. The molecule has 0 bridgehead atoms. The standard InChI is InChI=1S/C19H27N5OS/c1-14-18(26-13-20-14)19(25)23-9-7-15(8-10-23)11-24-12-17(21-22-24)16-5-3-2-4-6-16/h12-13,15-16H,2-11H2,1H3. The van der Waals surface area contributed by atoms with Crippen LogP contribution in [0.3, 0.4) is 0 Å². The number of thiazole rings is 1. The second-order valence-electron chi connectivity index (χ2n) is 7.70. The van der Waals surface area contributed by atoms with Crippen molar-refractivity contribution in [2.24, 2.45) is 5.92 Å². The molecule has 0 unspecified atom stereocenters. The number of hydrogen-bond donors (Lipinski definition) is 0. The summed E-state index contributed by atoms with van der Waals surface area (Å²) in [5, 5.41) is 8.81. The van der Waals surface area contributed by atoms with Gasteiger partial charge in [-0.1, -0.05) is 24.5 Å². The molecule has 2 aliphatic rings. The maximum Gasteiger partial charge on any atom is 0.265 e. The van der Waals surface area contributed by atoms with Crippen molar-refractivity contribution in [2.45, 2.75) is 64.3 Å². The molecule has 0 aromatic carbocycles. The molecule has 1 amide bonds. The van der Waals surface area contributed by atoms with Crippen LogP contribution >= 0.6 is 11.3 Å². The fourth-order valence-corrected chi connectivity index (χ4v) is 4.99. The highest BCUT2D eigenvalue weighted by Gasteiger charge is 2.26. The average Bonchev–Trinajstić information content (AvgIpc) is 3.32. The third kappa shape index (κ3) is 3.82. The number of likely N-dealkylation sites (tertiary alicyclic amines) is 1. The Morgan fingerprint density at radius 2 is 1.96 bits per heavy atom. The lowest BCUT2D eigenvalue weighted by atomic mass is 9.87. The van der Waals surface area contributed by atoms with Crippen LogP contribution in [0.2, 0.25) is 0 Å². The van der Waals surface area contributed by atoms with Gasteiger partial charge < -0.3 is 4.90 Å². The van der Waals surface area contributed by atoms with E-state index >= 15 is 0 Å². The van der Waals surface area contributed by atoms with Crippen molar-refractivity contribution in [1.29, 1.82) is 0 Å². The quantitative estimate of drug-likeness (QED) is 0.821. The third-order valence-electron chi connectivity index (χ3n) is 5.87. The van der Waals surface area contributed by atoms with Crippen molar-refractivity contribution in [2.75, 3.05) is 13.1 Å². The fraction of sp³-hybridized carbons (Fsp3) is 0.684. The molecule has 1 saturated heterocycles. The van der Waals surface area contributed by atoms with Crippen LogP contribution in [0.15, 0.2) is 11.7 Å². The van der Waals surface area contributed by atoms with Crippen LogP contribution < -0.4 is 0 Å². The predicted molar refractivity (Wildman–Crippen MR) is 101 cm³/mol. The summed E-state index contributed by atoms with van der Waals surface area (Å²) < 4.78 is 2.03. The number of piperidine rings is 1. The molecule has 26 heavy (non-hydrogen) atoms. The Labute approximate surface area is 158 Å². The smallest absolute Gasteiger partial charge is 0.265 e. The highest BCUT2D eigenvalue weighted by atomic mass is 32.1. The summed E-state index contributed by atoms with van der Waals surface area (Å²) in [6.07, 6.45) is 10.8. The number of carbonyl (C=O) groups excluding carboxylic acids is 1. The number of amides is 1. The van der Waals surface area contributed by atoms with Gasteiger partial charge in [-0.25, -0.2) is 4.98 Å². The van der Waals surface area contributed by atoms with E-state index in [0.717, 1.165) is 43.0 Å². The molecule has 1 saturated carbocycles. The van der Waals surface area contributed by atoms with E-state index in [0.29, 0.717) is 11.8 Å². The van der Waals surface area contributed by atoms with Crippen molar-refractivity contribution in [3.05, 3.63) is 28.0 Å². The fourth-order valence-electron chi connectivity index (χ4n) is 4.22. The molecule has 1 aliphatic carbocycles. The van der Waals surface area contributed by atoms with Crippen molar-refractivity contribution in [3.8, 4) is 0 Å². The van der Waals surface area contributed by atoms with Crippen molar-refractivity contribution < 1.29 is 4.79 Å². The van der Waals surface area contributed by atoms with Crippen LogP contribution in [0.25, 0.3) is 0 Å². The summed E-state index contributed by atoms with van der Waals surface area (Å²) in [6.45, 7) is 4.47. The minimum absolute atomic E-state index is 0.142. The predicted octanol–water partition coefficient (Wildman–Crippen LogP) is 3.64. The Hall–Kier alpha value is -1.76. The van der Waals surface area contributed by atoms with Crippen molar-refractivity contribution >= 4 is 17.2 Å². The summed E-state index contributed by atoms with van der Waals surface area (Å²) in [6, 6.07) is 0. The number of hydrogen-bond acceptors (Lipinski definition) is 5. The summed E-state index contributed by atoms with van der Waals surface area (Å²) in [5.74, 6) is 1.32. The van der Waals surface area contributed by atoms with Gasteiger partial charge in [0.25, 0.3) is 5.91 Å². The summed E-state index contributed by atoms with van der Waals surface area (Å²) in [4.78, 5) is 19.6. The first-order valence-corrected chi connectivity index (χ1v) is 10.7. The topological polar surface area (TPSA) is 63.9 Å². The molecule has 2 fully saturated rings. The monoisotopic (exact) mass is 373 g/mol. The highest BCUT2D eigenvalue weighted by molar-refractivity contribution is 7.11. The zero-order valence-corrected chi connectivity index (χ0v) is 16.2. The molecule has 0 N–H and O–H groups in total. The second-order valence-corrected chi connectivity index (χ2v) is 8.56. The highest BCUT2D eigenvalue weighted by Crippen LogP contribution is 2.31. The largest absolute Gasteiger partial charge is 0.338 e. The normalized spacial score (nSPS) is 19.8. The van der Waals surface area contributed by atoms with Crippen LogP contribution in [-0.2, 0) is 6.54 Å². The molecule has 2 aromatic rings. The Bertz CT molecular complexity index is 741. The van der Waals surface area contributed by atoms with Crippen LogP contribution in [0, 0.1) is 12.8 Å². The second kappa shape index (κ2) is 7.86. The van der Waals surface area contributed by atoms with Gasteiger partial charge in [0.15, 0.2) is 0 Å². The van der Waals surface area contributed by atoms with Gasteiger partial charge in [-0.05, 0) is 38.5 Å². The molecule has 0 radical (unpaired) electrons. The van der Waals surface area contributed by atoms with E-state index in [1.807, 2.05) is 16.5 Å². The Morgan fingerprint density at radius 1 is 1.19 bits per heavy atom. The molecule has 7 heteroatoms. The zero-order chi connectivity index (χ0) is 17.9. The van der Waals surface area contributed by atoms with Gasteiger partial charge in [0, 0.05) is 31.7 Å². The zero-order valence-electron chi connectivity index (χ0n) is 15.4.